The van der Waals surface area contributed by atoms with Gasteiger partial charge in [-0.1, -0.05) is 24.3 Å². The van der Waals surface area contributed by atoms with E-state index in [1.54, 1.807) is 7.05 Å². The zero-order valence-electron chi connectivity index (χ0n) is 10.7. The highest BCUT2D eigenvalue weighted by molar-refractivity contribution is 5.96. The number of carbonyl (C=O) groups excluding carboxylic acids is 2. The molecule has 2 rings (SSSR count). The maximum atomic E-state index is 11.8. The Balaban J connectivity index is 2.06. The Hall–Kier alpha value is -1.42. The van der Waals surface area contributed by atoms with E-state index in [1.807, 2.05) is 18.2 Å². The number of amides is 1. The molecule has 1 amide bonds. The Morgan fingerprint density at radius 1 is 1.33 bits per heavy atom. The van der Waals surface area contributed by atoms with Gasteiger partial charge in [-0.15, -0.1) is 0 Å². The third kappa shape index (κ3) is 2.38. The topological polar surface area (TPSA) is 57.6 Å². The van der Waals surface area contributed by atoms with Crippen LogP contribution in [-0.4, -0.2) is 40.9 Å². The number of fused-ring (bicyclic) bond motifs is 1. The minimum Gasteiger partial charge on any atom is -0.390 e. The van der Waals surface area contributed by atoms with Gasteiger partial charge in [-0.05, 0) is 19.3 Å². The van der Waals surface area contributed by atoms with Gasteiger partial charge in [0.15, 0.2) is 0 Å². The predicted molar refractivity (Wildman–Crippen MR) is 67.7 cm³/mol. The number of nitrogens with zero attached hydrogens (tertiary/aromatic N) is 1. The molecule has 2 aliphatic rings. The molecule has 0 saturated heterocycles. The summed E-state index contributed by atoms with van der Waals surface area (Å²) >= 11 is 0. The smallest absolute Gasteiger partial charge is 0.230 e. The molecule has 4 heteroatoms. The monoisotopic (exact) mass is 249 g/mol. The van der Waals surface area contributed by atoms with Gasteiger partial charge in [0, 0.05) is 13.0 Å². The summed E-state index contributed by atoms with van der Waals surface area (Å²) in [7, 11) is 1.67. The van der Waals surface area contributed by atoms with Gasteiger partial charge in [-0.25, -0.2) is 0 Å². The van der Waals surface area contributed by atoms with Gasteiger partial charge in [0.2, 0.25) is 5.91 Å². The van der Waals surface area contributed by atoms with Crippen molar-refractivity contribution < 1.29 is 14.7 Å². The lowest BCUT2D eigenvalue weighted by Crippen LogP contribution is -2.43. The number of rotatable bonds is 3. The second-order valence-electron chi connectivity index (χ2n) is 5.19. The standard InChI is InChI=1S/C14H19NO3/c1-9(16)7-13(17)15(2)12-8-10-5-3-4-6-11(10)14(12)18/h3-6,10-12,14,18H,7-8H2,1-2H3/t10?,11?,12?,14-/m0/s1. The molecule has 18 heavy (non-hydrogen) atoms. The lowest BCUT2D eigenvalue weighted by atomic mass is 9.91. The summed E-state index contributed by atoms with van der Waals surface area (Å²) in [6, 6.07) is -0.195. The first-order chi connectivity index (χ1) is 8.50. The molecule has 0 aromatic rings. The van der Waals surface area contributed by atoms with Crippen LogP contribution < -0.4 is 0 Å². The molecule has 0 bridgehead atoms. The van der Waals surface area contributed by atoms with Crippen LogP contribution in [0.2, 0.25) is 0 Å². The minimum atomic E-state index is -0.544. The molecule has 1 saturated carbocycles. The molecule has 0 radical (unpaired) electrons. The van der Waals surface area contributed by atoms with Gasteiger partial charge in [-0.3, -0.25) is 9.59 Å². The maximum Gasteiger partial charge on any atom is 0.230 e. The Bertz CT molecular complexity index is 413. The molecule has 4 nitrogen and oxygen atoms in total. The fourth-order valence-corrected chi connectivity index (χ4v) is 2.86. The van der Waals surface area contributed by atoms with Crippen molar-refractivity contribution in [1.29, 1.82) is 0 Å². The van der Waals surface area contributed by atoms with Crippen molar-refractivity contribution in [1.82, 2.24) is 4.90 Å². The van der Waals surface area contributed by atoms with Crippen LogP contribution in [0.3, 0.4) is 0 Å². The molecule has 1 N–H and O–H groups in total. The van der Waals surface area contributed by atoms with Crippen LogP contribution in [0.5, 0.6) is 0 Å². The molecule has 4 atom stereocenters. The van der Waals surface area contributed by atoms with Crippen molar-refractivity contribution in [3.05, 3.63) is 24.3 Å². The van der Waals surface area contributed by atoms with E-state index in [9.17, 15) is 14.7 Å². The number of ketones is 1. The molecule has 0 spiro atoms. The molecule has 0 aromatic heterocycles. The Kier molecular flexibility index (Phi) is 3.66. The third-order valence-corrected chi connectivity index (χ3v) is 3.89. The number of likely N-dealkylation sites (N-methyl/N-ethyl adjacent to an activating group) is 1. The second kappa shape index (κ2) is 5.06. The number of Topliss-reactive ketones (excluding diaryl/α,β-unsaturated/α-hetero) is 1. The van der Waals surface area contributed by atoms with E-state index in [2.05, 4.69) is 6.08 Å². The van der Waals surface area contributed by atoms with Crippen LogP contribution in [0.15, 0.2) is 24.3 Å². The van der Waals surface area contributed by atoms with Crippen LogP contribution in [0.4, 0.5) is 0 Å². The molecular formula is C14H19NO3. The van der Waals surface area contributed by atoms with Gasteiger partial charge in [-0.2, -0.15) is 0 Å². The van der Waals surface area contributed by atoms with E-state index in [4.69, 9.17) is 0 Å². The highest BCUT2D eigenvalue weighted by Gasteiger charge is 2.43. The molecule has 1 fully saturated rings. The zero-order chi connectivity index (χ0) is 13.3. The van der Waals surface area contributed by atoms with Crippen molar-refractivity contribution in [2.24, 2.45) is 11.8 Å². The summed E-state index contributed by atoms with van der Waals surface area (Å²) in [5, 5.41) is 10.3. The van der Waals surface area contributed by atoms with Crippen molar-refractivity contribution in [3.63, 3.8) is 0 Å². The third-order valence-electron chi connectivity index (χ3n) is 3.89. The molecule has 0 aliphatic heterocycles. The van der Waals surface area contributed by atoms with E-state index in [-0.39, 0.29) is 30.1 Å². The van der Waals surface area contributed by atoms with Crippen molar-refractivity contribution in [3.8, 4) is 0 Å². The van der Waals surface area contributed by atoms with E-state index in [1.165, 1.54) is 11.8 Å². The van der Waals surface area contributed by atoms with Crippen molar-refractivity contribution >= 4 is 11.7 Å². The Labute approximate surface area is 107 Å². The quantitative estimate of drug-likeness (QED) is 0.757. The lowest BCUT2D eigenvalue weighted by Gasteiger charge is -2.28. The number of hydrogen-bond acceptors (Lipinski definition) is 3. The molecule has 2 aliphatic carbocycles. The Morgan fingerprint density at radius 2 is 2.00 bits per heavy atom. The molecule has 3 unspecified atom stereocenters. The van der Waals surface area contributed by atoms with E-state index in [0.29, 0.717) is 5.92 Å². The normalized spacial score (nSPS) is 33.3. The fourth-order valence-electron chi connectivity index (χ4n) is 2.86. The summed E-state index contributed by atoms with van der Waals surface area (Å²) in [6.07, 6.45) is 8.12. The SMILES string of the molecule is CC(=O)CC(=O)N(C)C1CC2C=CC=CC2[C@@H]1O. The van der Waals surface area contributed by atoms with Crippen LogP contribution in [-0.2, 0) is 9.59 Å². The zero-order valence-corrected chi connectivity index (χ0v) is 10.7. The summed E-state index contributed by atoms with van der Waals surface area (Å²) in [5.74, 6) is 0.0323. The van der Waals surface area contributed by atoms with Crippen molar-refractivity contribution in [2.75, 3.05) is 7.05 Å². The summed E-state index contributed by atoms with van der Waals surface area (Å²) in [4.78, 5) is 24.4. The summed E-state index contributed by atoms with van der Waals surface area (Å²) < 4.78 is 0. The van der Waals surface area contributed by atoms with E-state index < -0.39 is 6.10 Å². The molecule has 0 aromatic carbocycles. The highest BCUT2D eigenvalue weighted by Crippen LogP contribution is 2.38. The fraction of sp³-hybridized carbons (Fsp3) is 0.571. The minimum absolute atomic E-state index is 0.0826. The number of carbonyl (C=O) groups is 2. The summed E-state index contributed by atoms with van der Waals surface area (Å²) in [5.41, 5.74) is 0. The van der Waals surface area contributed by atoms with Gasteiger partial charge in [0.25, 0.3) is 0 Å². The number of aliphatic hydroxyl groups excluding tert-OH is 1. The summed E-state index contributed by atoms with van der Waals surface area (Å²) in [6.45, 7) is 1.40. The van der Waals surface area contributed by atoms with Crippen LogP contribution in [0.25, 0.3) is 0 Å². The predicted octanol–water partition coefficient (Wildman–Crippen LogP) is 0.915. The van der Waals surface area contributed by atoms with Crippen LogP contribution in [0.1, 0.15) is 19.8 Å². The van der Waals surface area contributed by atoms with Crippen molar-refractivity contribution in [2.45, 2.75) is 31.9 Å². The molecule has 98 valence electrons. The first kappa shape index (κ1) is 13.0. The van der Waals surface area contributed by atoms with Gasteiger partial charge < -0.3 is 10.0 Å². The number of allylic oxidation sites excluding steroid dienone is 3. The first-order valence-electron chi connectivity index (χ1n) is 6.29. The Morgan fingerprint density at radius 3 is 2.61 bits per heavy atom. The number of aliphatic hydroxyl groups is 1. The first-order valence-corrected chi connectivity index (χ1v) is 6.29. The average molecular weight is 249 g/mol. The van der Waals surface area contributed by atoms with Gasteiger partial charge in [0.05, 0.1) is 18.6 Å². The van der Waals surface area contributed by atoms with Gasteiger partial charge in [0.1, 0.15) is 5.78 Å². The average Bonchev–Trinajstić information content (AvgIpc) is 2.66. The second-order valence-corrected chi connectivity index (χ2v) is 5.19. The van der Waals surface area contributed by atoms with Gasteiger partial charge >= 0.3 is 0 Å². The molecule has 0 heterocycles. The highest BCUT2D eigenvalue weighted by atomic mass is 16.3. The van der Waals surface area contributed by atoms with Crippen LogP contribution in [0, 0.1) is 11.8 Å². The lowest BCUT2D eigenvalue weighted by molar-refractivity contribution is -0.137. The van der Waals surface area contributed by atoms with E-state index in [0.717, 1.165) is 6.42 Å². The number of hydrogen-bond donors (Lipinski definition) is 1. The largest absolute Gasteiger partial charge is 0.390 e. The molecular weight excluding hydrogens is 230 g/mol. The van der Waals surface area contributed by atoms with Crippen LogP contribution >= 0.6 is 0 Å². The van der Waals surface area contributed by atoms with E-state index >= 15 is 0 Å². The maximum absolute atomic E-state index is 11.8.